The molecule has 144 valence electrons. The van der Waals surface area contributed by atoms with Crippen LogP contribution in [0.2, 0.25) is 0 Å². The number of amides is 1. The van der Waals surface area contributed by atoms with Crippen LogP contribution in [0.1, 0.15) is 44.6 Å². The topological polar surface area (TPSA) is 41.6 Å². The number of hydrogen-bond acceptors (Lipinski definition) is 3. The van der Waals surface area contributed by atoms with Crippen molar-refractivity contribution in [3.05, 3.63) is 54.1 Å². The summed E-state index contributed by atoms with van der Waals surface area (Å²) in [4.78, 5) is 14.6. The van der Waals surface area contributed by atoms with E-state index in [-0.39, 0.29) is 5.91 Å². The van der Waals surface area contributed by atoms with Gasteiger partial charge in [-0.3, -0.25) is 4.79 Å². The summed E-state index contributed by atoms with van der Waals surface area (Å²) in [6.45, 7) is 4.22. The molecule has 0 saturated carbocycles. The van der Waals surface area contributed by atoms with E-state index in [2.05, 4.69) is 35.3 Å². The van der Waals surface area contributed by atoms with Gasteiger partial charge in [0.1, 0.15) is 5.75 Å². The second-order valence-corrected chi connectivity index (χ2v) is 7.14. The predicted octanol–water partition coefficient (Wildman–Crippen LogP) is 5.04. The van der Waals surface area contributed by atoms with Crippen molar-refractivity contribution in [2.24, 2.45) is 0 Å². The summed E-state index contributed by atoms with van der Waals surface area (Å²) in [7, 11) is 0. The Hall–Kier alpha value is -2.49. The van der Waals surface area contributed by atoms with Crippen LogP contribution >= 0.6 is 0 Å². The van der Waals surface area contributed by atoms with Gasteiger partial charge >= 0.3 is 0 Å². The minimum absolute atomic E-state index is 0.00317. The number of benzene rings is 2. The van der Waals surface area contributed by atoms with Crippen LogP contribution in [0.3, 0.4) is 0 Å². The summed E-state index contributed by atoms with van der Waals surface area (Å²) in [5.41, 5.74) is 3.28. The zero-order valence-electron chi connectivity index (χ0n) is 16.2. The van der Waals surface area contributed by atoms with E-state index in [1.54, 1.807) is 0 Å². The van der Waals surface area contributed by atoms with Crippen molar-refractivity contribution in [2.45, 2.75) is 45.4 Å². The lowest BCUT2D eigenvalue weighted by Crippen LogP contribution is -2.31. The standard InChI is InChI=1S/C23H30N2O2/c1-2-3-4-5-8-16-27-21-12-9-11-20(17-21)24-23(26)18-25-15-14-19-10-6-7-13-22(19)25/h6-7,9-13,17H,2-5,8,14-16,18H2,1H3,(H,24,26). The van der Waals surface area contributed by atoms with Gasteiger partial charge < -0.3 is 15.0 Å². The molecule has 0 spiro atoms. The van der Waals surface area contributed by atoms with Gasteiger partial charge in [0.25, 0.3) is 0 Å². The lowest BCUT2D eigenvalue weighted by molar-refractivity contribution is -0.115. The molecule has 1 N–H and O–H groups in total. The normalized spacial score (nSPS) is 12.7. The zero-order valence-corrected chi connectivity index (χ0v) is 16.2. The first-order valence-corrected chi connectivity index (χ1v) is 10.1. The number of ether oxygens (including phenoxy) is 1. The van der Waals surface area contributed by atoms with Crippen molar-refractivity contribution in [1.29, 1.82) is 0 Å². The van der Waals surface area contributed by atoms with Crippen LogP contribution in [-0.2, 0) is 11.2 Å². The minimum Gasteiger partial charge on any atom is -0.494 e. The van der Waals surface area contributed by atoms with E-state index in [0.717, 1.165) is 37.4 Å². The highest BCUT2D eigenvalue weighted by molar-refractivity contribution is 5.94. The number of fused-ring (bicyclic) bond motifs is 1. The molecule has 1 amide bonds. The Morgan fingerprint density at radius 3 is 2.81 bits per heavy atom. The molecule has 1 aliphatic heterocycles. The van der Waals surface area contributed by atoms with Gasteiger partial charge in [0.15, 0.2) is 0 Å². The molecule has 0 aliphatic carbocycles. The summed E-state index contributed by atoms with van der Waals surface area (Å²) in [5.74, 6) is 0.818. The van der Waals surface area contributed by atoms with E-state index in [1.165, 1.54) is 36.9 Å². The SMILES string of the molecule is CCCCCCCOc1cccc(NC(=O)CN2CCc3ccccc32)c1. The van der Waals surface area contributed by atoms with Crippen LogP contribution in [-0.4, -0.2) is 25.6 Å². The number of carbonyl (C=O) groups is 1. The molecular formula is C23H30N2O2. The molecule has 4 heteroatoms. The molecule has 0 saturated heterocycles. The first-order chi connectivity index (χ1) is 13.3. The summed E-state index contributed by atoms with van der Waals surface area (Å²) >= 11 is 0. The van der Waals surface area contributed by atoms with Crippen molar-refractivity contribution in [2.75, 3.05) is 29.9 Å². The van der Waals surface area contributed by atoms with Crippen molar-refractivity contribution in [3.63, 3.8) is 0 Å². The van der Waals surface area contributed by atoms with Crippen molar-refractivity contribution in [1.82, 2.24) is 0 Å². The third-order valence-corrected chi connectivity index (χ3v) is 4.95. The van der Waals surface area contributed by atoms with Gasteiger partial charge in [-0.2, -0.15) is 0 Å². The molecule has 1 heterocycles. The Morgan fingerprint density at radius 1 is 1.07 bits per heavy atom. The Balaban J connectivity index is 1.46. The zero-order chi connectivity index (χ0) is 18.9. The first kappa shape index (κ1) is 19.3. The average Bonchev–Trinajstić information content (AvgIpc) is 3.08. The largest absolute Gasteiger partial charge is 0.494 e. The maximum Gasteiger partial charge on any atom is 0.243 e. The molecule has 0 bridgehead atoms. The average molecular weight is 367 g/mol. The van der Waals surface area contributed by atoms with Crippen LogP contribution in [0.4, 0.5) is 11.4 Å². The van der Waals surface area contributed by atoms with E-state index < -0.39 is 0 Å². The second-order valence-electron chi connectivity index (χ2n) is 7.14. The third kappa shape index (κ3) is 5.75. The fourth-order valence-corrected chi connectivity index (χ4v) is 3.50. The number of para-hydroxylation sites is 1. The Kier molecular flexibility index (Phi) is 7.14. The van der Waals surface area contributed by atoms with Crippen molar-refractivity contribution >= 4 is 17.3 Å². The molecule has 2 aromatic carbocycles. The van der Waals surface area contributed by atoms with Gasteiger partial charge in [-0.15, -0.1) is 0 Å². The Bertz CT molecular complexity index is 745. The number of unbranched alkanes of at least 4 members (excludes halogenated alkanes) is 4. The highest BCUT2D eigenvalue weighted by Gasteiger charge is 2.20. The maximum atomic E-state index is 12.5. The number of rotatable bonds is 10. The lowest BCUT2D eigenvalue weighted by Gasteiger charge is -2.19. The van der Waals surface area contributed by atoms with Gasteiger partial charge in [-0.05, 0) is 36.6 Å². The fraction of sp³-hybridized carbons (Fsp3) is 0.435. The highest BCUT2D eigenvalue weighted by atomic mass is 16.5. The molecule has 0 radical (unpaired) electrons. The maximum absolute atomic E-state index is 12.5. The second kappa shape index (κ2) is 10.0. The van der Waals surface area contributed by atoms with Crippen molar-refractivity contribution < 1.29 is 9.53 Å². The van der Waals surface area contributed by atoms with Crippen molar-refractivity contribution in [3.8, 4) is 5.75 Å². The molecule has 3 rings (SSSR count). The van der Waals surface area contributed by atoms with Crippen LogP contribution in [0, 0.1) is 0 Å². The van der Waals surface area contributed by atoms with E-state index in [9.17, 15) is 4.79 Å². The molecule has 0 atom stereocenters. The summed E-state index contributed by atoms with van der Waals surface area (Å²) in [6, 6.07) is 16.0. The van der Waals surface area contributed by atoms with E-state index in [4.69, 9.17) is 4.74 Å². The van der Waals surface area contributed by atoms with Gasteiger partial charge in [0.05, 0.1) is 13.2 Å². The van der Waals surface area contributed by atoms with Gasteiger partial charge in [0, 0.05) is 24.0 Å². The Labute approximate surface area is 162 Å². The Morgan fingerprint density at radius 2 is 1.93 bits per heavy atom. The molecule has 0 unspecified atom stereocenters. The number of nitrogens with zero attached hydrogens (tertiary/aromatic N) is 1. The van der Waals surface area contributed by atoms with E-state index in [0.29, 0.717) is 6.54 Å². The van der Waals surface area contributed by atoms with Gasteiger partial charge in [0.2, 0.25) is 5.91 Å². The van der Waals surface area contributed by atoms with Crippen LogP contribution in [0.15, 0.2) is 48.5 Å². The van der Waals surface area contributed by atoms with E-state index >= 15 is 0 Å². The van der Waals surface area contributed by atoms with Crippen LogP contribution in [0.5, 0.6) is 5.75 Å². The van der Waals surface area contributed by atoms with Crippen LogP contribution in [0.25, 0.3) is 0 Å². The van der Waals surface area contributed by atoms with Crippen LogP contribution < -0.4 is 15.0 Å². The fourth-order valence-electron chi connectivity index (χ4n) is 3.50. The predicted molar refractivity (Wildman–Crippen MR) is 112 cm³/mol. The lowest BCUT2D eigenvalue weighted by atomic mass is 10.2. The van der Waals surface area contributed by atoms with Gasteiger partial charge in [-0.25, -0.2) is 0 Å². The third-order valence-electron chi connectivity index (χ3n) is 4.95. The molecule has 0 aromatic heterocycles. The molecular weight excluding hydrogens is 336 g/mol. The first-order valence-electron chi connectivity index (χ1n) is 10.1. The smallest absolute Gasteiger partial charge is 0.243 e. The number of nitrogens with one attached hydrogen (secondary N) is 1. The number of hydrogen-bond donors (Lipinski definition) is 1. The summed E-state index contributed by atoms with van der Waals surface area (Å²) in [5, 5.41) is 3.00. The van der Waals surface area contributed by atoms with E-state index in [1.807, 2.05) is 30.3 Å². The number of anilines is 2. The molecule has 1 aliphatic rings. The minimum atomic E-state index is 0.00317. The quantitative estimate of drug-likeness (QED) is 0.599. The molecule has 27 heavy (non-hydrogen) atoms. The molecule has 0 fully saturated rings. The summed E-state index contributed by atoms with van der Waals surface area (Å²) < 4.78 is 5.83. The number of carbonyl (C=O) groups excluding carboxylic acids is 1. The highest BCUT2D eigenvalue weighted by Crippen LogP contribution is 2.27. The summed E-state index contributed by atoms with van der Waals surface area (Å²) in [6.07, 6.45) is 7.11. The monoisotopic (exact) mass is 366 g/mol. The molecule has 4 nitrogen and oxygen atoms in total. The molecule has 2 aromatic rings. The van der Waals surface area contributed by atoms with Gasteiger partial charge in [-0.1, -0.05) is 56.9 Å².